The first kappa shape index (κ1) is 16.9. The second kappa shape index (κ2) is 8.26. The maximum atomic E-state index is 12.6. The Morgan fingerprint density at radius 2 is 1.83 bits per heavy atom. The average molecular weight is 355 g/mol. The number of rotatable bonds is 7. The lowest BCUT2D eigenvalue weighted by Crippen LogP contribution is -2.16. The second-order valence-electron chi connectivity index (χ2n) is 5.09. The van der Waals surface area contributed by atoms with Crippen LogP contribution >= 0.6 is 23.3 Å². The normalized spacial score (nSPS) is 12.0. The van der Waals surface area contributed by atoms with Crippen molar-refractivity contribution < 1.29 is 9.53 Å². The van der Waals surface area contributed by atoms with Crippen LogP contribution in [-0.4, -0.2) is 12.9 Å². The van der Waals surface area contributed by atoms with E-state index in [9.17, 15) is 4.79 Å². The number of benzene rings is 2. The van der Waals surface area contributed by atoms with E-state index < -0.39 is 0 Å². The second-order valence-corrected chi connectivity index (χ2v) is 7.17. The average Bonchev–Trinajstić information content (AvgIpc) is 3.16. The predicted octanol–water partition coefficient (Wildman–Crippen LogP) is 4.92. The third-order valence-corrected chi connectivity index (χ3v) is 5.35. The van der Waals surface area contributed by atoms with Crippen molar-refractivity contribution in [3.63, 3.8) is 0 Å². The minimum atomic E-state index is -0.291. The van der Waals surface area contributed by atoms with Crippen molar-refractivity contribution in [1.29, 1.82) is 0 Å². The third kappa shape index (κ3) is 4.13. The van der Waals surface area contributed by atoms with Crippen molar-refractivity contribution >= 4 is 29.1 Å². The van der Waals surface area contributed by atoms with E-state index in [1.165, 1.54) is 11.9 Å². The standard InChI is InChI=1S/C19H17NO2S2/c1-22-19(20-24-17-11-6-12-23-17)16-10-5-9-15(13-16)18(21)14-7-3-2-4-8-14/h2-13,19-20H,1H3. The number of ketones is 1. The SMILES string of the molecule is COC(NSc1cccs1)c1cccc(C(=O)c2ccccc2)c1. The number of thiophene rings is 1. The number of ether oxygens (including phenoxy) is 1. The van der Waals surface area contributed by atoms with E-state index in [0.717, 1.165) is 9.77 Å². The van der Waals surface area contributed by atoms with Crippen molar-refractivity contribution in [2.45, 2.75) is 10.4 Å². The highest BCUT2D eigenvalue weighted by molar-refractivity contribution is 7.99. The van der Waals surface area contributed by atoms with E-state index in [2.05, 4.69) is 4.72 Å². The van der Waals surface area contributed by atoms with Gasteiger partial charge < -0.3 is 4.74 Å². The van der Waals surface area contributed by atoms with Crippen molar-refractivity contribution in [2.75, 3.05) is 7.11 Å². The van der Waals surface area contributed by atoms with Crippen LogP contribution < -0.4 is 4.72 Å². The summed E-state index contributed by atoms with van der Waals surface area (Å²) in [6.07, 6.45) is -0.291. The van der Waals surface area contributed by atoms with Crippen LogP contribution in [0, 0.1) is 0 Å². The van der Waals surface area contributed by atoms with Crippen LogP contribution in [0.4, 0.5) is 0 Å². The molecule has 3 aromatic rings. The van der Waals surface area contributed by atoms with Crippen LogP contribution in [-0.2, 0) is 4.74 Å². The highest BCUT2D eigenvalue weighted by atomic mass is 32.2. The van der Waals surface area contributed by atoms with Crippen molar-refractivity contribution in [2.24, 2.45) is 0 Å². The molecule has 0 radical (unpaired) electrons. The van der Waals surface area contributed by atoms with E-state index in [1.807, 2.05) is 72.1 Å². The predicted molar refractivity (Wildman–Crippen MR) is 99.4 cm³/mol. The molecular formula is C19H17NO2S2. The molecule has 0 aliphatic rings. The first-order valence-corrected chi connectivity index (χ1v) is 9.16. The Hall–Kier alpha value is -1.92. The molecule has 3 rings (SSSR count). The van der Waals surface area contributed by atoms with Gasteiger partial charge in [-0.05, 0) is 35.0 Å². The molecule has 0 bridgehead atoms. The van der Waals surface area contributed by atoms with Gasteiger partial charge in [0.2, 0.25) is 0 Å². The maximum Gasteiger partial charge on any atom is 0.193 e. The summed E-state index contributed by atoms with van der Waals surface area (Å²) in [5.74, 6) is 0.0122. The van der Waals surface area contributed by atoms with Crippen LogP contribution in [0.2, 0.25) is 0 Å². The lowest BCUT2D eigenvalue weighted by molar-refractivity contribution is 0.0964. The van der Waals surface area contributed by atoms with E-state index in [0.29, 0.717) is 11.1 Å². The van der Waals surface area contributed by atoms with Gasteiger partial charge in [-0.1, -0.05) is 54.6 Å². The summed E-state index contributed by atoms with van der Waals surface area (Å²) < 4.78 is 9.98. The molecular weight excluding hydrogens is 338 g/mol. The molecule has 122 valence electrons. The Bertz CT molecular complexity index is 788. The summed E-state index contributed by atoms with van der Waals surface area (Å²) in [7, 11) is 1.65. The smallest absolute Gasteiger partial charge is 0.193 e. The fourth-order valence-corrected chi connectivity index (χ4v) is 3.84. The van der Waals surface area contributed by atoms with Crippen molar-refractivity contribution in [3.05, 3.63) is 88.8 Å². The molecule has 1 N–H and O–H groups in total. The zero-order valence-corrected chi connectivity index (χ0v) is 14.8. The highest BCUT2D eigenvalue weighted by Gasteiger charge is 2.14. The van der Waals surface area contributed by atoms with Crippen molar-refractivity contribution in [3.8, 4) is 0 Å². The molecule has 0 aliphatic carbocycles. The van der Waals surface area contributed by atoms with Crippen LogP contribution in [0.5, 0.6) is 0 Å². The van der Waals surface area contributed by atoms with Gasteiger partial charge in [-0.2, -0.15) is 0 Å². The van der Waals surface area contributed by atoms with Gasteiger partial charge in [-0.25, -0.2) is 4.72 Å². The Kier molecular flexibility index (Phi) is 5.82. The number of carbonyl (C=O) groups excluding carboxylic acids is 1. The maximum absolute atomic E-state index is 12.6. The molecule has 0 amide bonds. The molecule has 0 fully saturated rings. The van der Waals surface area contributed by atoms with Gasteiger partial charge in [0.15, 0.2) is 5.78 Å². The molecule has 0 aliphatic heterocycles. The topological polar surface area (TPSA) is 38.3 Å². The summed E-state index contributed by atoms with van der Waals surface area (Å²) in [4.78, 5) is 12.6. The van der Waals surface area contributed by atoms with Crippen LogP contribution in [0.25, 0.3) is 0 Å². The van der Waals surface area contributed by atoms with Crippen LogP contribution in [0.1, 0.15) is 27.7 Å². The molecule has 3 nitrogen and oxygen atoms in total. The van der Waals surface area contributed by atoms with Crippen LogP contribution in [0.3, 0.4) is 0 Å². The van der Waals surface area contributed by atoms with E-state index in [-0.39, 0.29) is 12.0 Å². The van der Waals surface area contributed by atoms with Gasteiger partial charge in [-0.3, -0.25) is 4.79 Å². The molecule has 2 aromatic carbocycles. The Morgan fingerprint density at radius 3 is 2.54 bits per heavy atom. The zero-order chi connectivity index (χ0) is 16.8. The van der Waals surface area contributed by atoms with Gasteiger partial charge in [0, 0.05) is 18.2 Å². The summed E-state index contributed by atoms with van der Waals surface area (Å²) in [5.41, 5.74) is 2.26. The molecule has 0 saturated carbocycles. The van der Waals surface area contributed by atoms with Gasteiger partial charge in [-0.15, -0.1) is 11.3 Å². The highest BCUT2D eigenvalue weighted by Crippen LogP contribution is 2.26. The quantitative estimate of drug-likeness (QED) is 0.371. The van der Waals surface area contributed by atoms with E-state index in [4.69, 9.17) is 4.74 Å². The number of hydrogen-bond acceptors (Lipinski definition) is 5. The molecule has 5 heteroatoms. The van der Waals surface area contributed by atoms with Gasteiger partial charge in [0.1, 0.15) is 6.23 Å². The lowest BCUT2D eigenvalue weighted by Gasteiger charge is -2.17. The first-order chi connectivity index (χ1) is 11.8. The van der Waals surface area contributed by atoms with Crippen molar-refractivity contribution in [1.82, 2.24) is 4.72 Å². The largest absolute Gasteiger partial charge is 0.361 e. The molecule has 1 atom stereocenters. The number of carbonyl (C=O) groups is 1. The third-order valence-electron chi connectivity index (χ3n) is 3.48. The Labute approximate surface area is 149 Å². The molecule has 24 heavy (non-hydrogen) atoms. The minimum absolute atomic E-state index is 0.0122. The van der Waals surface area contributed by atoms with Gasteiger partial charge >= 0.3 is 0 Å². The number of methoxy groups -OCH3 is 1. The fourth-order valence-electron chi connectivity index (χ4n) is 2.28. The molecule has 0 spiro atoms. The van der Waals surface area contributed by atoms with Crippen LogP contribution in [0.15, 0.2) is 76.3 Å². The summed E-state index contributed by atoms with van der Waals surface area (Å²) in [5, 5.41) is 2.03. The van der Waals surface area contributed by atoms with Gasteiger partial charge in [0.25, 0.3) is 0 Å². The molecule has 0 saturated heterocycles. The molecule has 1 unspecified atom stereocenters. The van der Waals surface area contributed by atoms with E-state index >= 15 is 0 Å². The fraction of sp³-hybridized carbons (Fsp3) is 0.105. The zero-order valence-electron chi connectivity index (χ0n) is 13.1. The molecule has 1 heterocycles. The lowest BCUT2D eigenvalue weighted by atomic mass is 10.0. The number of hydrogen-bond donors (Lipinski definition) is 1. The van der Waals surface area contributed by atoms with E-state index in [1.54, 1.807) is 18.4 Å². The monoisotopic (exact) mass is 355 g/mol. The first-order valence-electron chi connectivity index (χ1n) is 7.46. The summed E-state index contributed by atoms with van der Waals surface area (Å²) in [6, 6.07) is 20.9. The van der Waals surface area contributed by atoms with Gasteiger partial charge in [0.05, 0.1) is 4.21 Å². The summed E-state index contributed by atoms with van der Waals surface area (Å²) >= 11 is 3.19. The number of nitrogens with one attached hydrogen (secondary N) is 1. The molecule has 1 aromatic heterocycles. The Morgan fingerprint density at radius 1 is 1.04 bits per heavy atom. The summed E-state index contributed by atoms with van der Waals surface area (Å²) in [6.45, 7) is 0. The Balaban J connectivity index is 1.77. The minimum Gasteiger partial charge on any atom is -0.361 e.